The lowest BCUT2D eigenvalue weighted by molar-refractivity contribution is -0.0465. The Bertz CT molecular complexity index is 100. The van der Waals surface area contributed by atoms with E-state index >= 15 is 0 Å². The van der Waals surface area contributed by atoms with Gasteiger partial charge in [0.05, 0.1) is 0 Å². The average Bonchev–Trinajstić information content (AvgIpc) is 1.86. The van der Waals surface area contributed by atoms with Crippen molar-refractivity contribution in [3.05, 3.63) is 0 Å². The van der Waals surface area contributed by atoms with E-state index in [1.165, 1.54) is 6.92 Å². The third-order valence-electron chi connectivity index (χ3n) is 1.07. The van der Waals surface area contributed by atoms with Crippen LogP contribution in [0.5, 0.6) is 0 Å². The first kappa shape index (κ1) is 14.3. The lowest BCUT2D eigenvalue weighted by Crippen LogP contribution is -2.02. The van der Waals surface area contributed by atoms with E-state index in [0.717, 1.165) is 19.3 Å². The van der Waals surface area contributed by atoms with Crippen molar-refractivity contribution in [1.82, 2.24) is 0 Å². The van der Waals surface area contributed by atoms with Crippen molar-refractivity contribution in [2.45, 2.75) is 45.8 Å². The van der Waals surface area contributed by atoms with Gasteiger partial charge in [0.2, 0.25) is 0 Å². The molecule has 0 aromatic carbocycles. The number of hydrogen-bond donors (Lipinski definition) is 3. The second kappa shape index (κ2) is 10.8. The van der Waals surface area contributed by atoms with Crippen LogP contribution in [0.3, 0.4) is 0 Å². The van der Waals surface area contributed by atoms with Crippen LogP contribution in [0, 0.1) is 0 Å². The molecule has 0 aromatic rings. The summed E-state index contributed by atoms with van der Waals surface area (Å²) in [6, 6.07) is 0. The number of aliphatic hydroxyl groups excluding tert-OH is 2. The smallest absolute Gasteiger partial charge is 0.153 e. The van der Waals surface area contributed by atoms with Gasteiger partial charge in [-0.15, -0.1) is 0 Å². The zero-order valence-electron chi connectivity index (χ0n) is 7.66. The number of unbranched alkanes of at least 4 members (excludes halogenated alkanes) is 2. The Morgan fingerprint density at radius 1 is 1.33 bits per heavy atom. The summed E-state index contributed by atoms with van der Waals surface area (Å²) >= 11 is 4.09. The highest BCUT2D eigenvalue weighted by molar-refractivity contribution is 7.79. The summed E-state index contributed by atoms with van der Waals surface area (Å²) in [6.07, 6.45) is 2.58. The molecule has 0 aromatic heterocycles. The van der Waals surface area contributed by atoms with Gasteiger partial charge in [0.1, 0.15) is 0 Å². The molecule has 0 aliphatic rings. The lowest BCUT2D eigenvalue weighted by Gasteiger charge is -1.99. The fourth-order valence-corrected chi connectivity index (χ4v) is 0.577. The average molecular weight is 194 g/mol. The predicted octanol–water partition coefficient (Wildman–Crippen LogP) is 1.77. The van der Waals surface area contributed by atoms with Crippen LogP contribution in [0.1, 0.15) is 39.5 Å². The third kappa shape index (κ3) is 32.9. The molecule has 0 heterocycles. The van der Waals surface area contributed by atoms with Crippen LogP contribution >= 0.6 is 12.2 Å². The van der Waals surface area contributed by atoms with Gasteiger partial charge in [-0.25, -0.2) is 0 Å². The molecule has 0 spiro atoms. The third-order valence-corrected chi connectivity index (χ3v) is 1.07. The van der Waals surface area contributed by atoms with Gasteiger partial charge >= 0.3 is 0 Å². The minimum absolute atomic E-state index is 0.000000000000000222. The molecule has 0 bridgehead atoms. The van der Waals surface area contributed by atoms with Crippen molar-refractivity contribution in [1.29, 1.82) is 0 Å². The Balaban J connectivity index is 0. The van der Waals surface area contributed by atoms with Gasteiger partial charge in [-0.2, -0.15) is 0 Å². The van der Waals surface area contributed by atoms with Crippen molar-refractivity contribution >= 4 is 17.3 Å². The molecule has 0 aliphatic carbocycles. The maximum absolute atomic E-state index is 8.33. The summed E-state index contributed by atoms with van der Waals surface area (Å²) in [7, 11) is 0. The molecule has 74 valence electrons. The molecule has 12 heavy (non-hydrogen) atoms. The van der Waals surface area contributed by atoms with Crippen LogP contribution in [0.15, 0.2) is 0 Å². The lowest BCUT2D eigenvalue weighted by atomic mass is 10.2. The number of hydrogen-bond acceptors (Lipinski definition) is 3. The summed E-state index contributed by atoms with van der Waals surface area (Å²) < 4.78 is 0. The van der Waals surface area contributed by atoms with E-state index in [2.05, 4.69) is 19.1 Å². The van der Waals surface area contributed by atoms with E-state index in [1.54, 1.807) is 0 Å². The Morgan fingerprint density at radius 3 is 2.00 bits per heavy atom. The summed E-state index contributed by atoms with van der Waals surface area (Å²) in [4.78, 5) is 0. The van der Waals surface area contributed by atoms with Crippen LogP contribution in [0.4, 0.5) is 0 Å². The molecule has 0 radical (unpaired) electrons. The van der Waals surface area contributed by atoms with Gasteiger partial charge in [0, 0.05) is 6.92 Å². The van der Waals surface area contributed by atoms with Gasteiger partial charge in [0.15, 0.2) is 11.3 Å². The molecule has 0 rings (SSSR count). The Hall–Kier alpha value is -0.190. The highest BCUT2D eigenvalue weighted by atomic mass is 32.1. The second-order valence-electron chi connectivity index (χ2n) is 2.50. The topological polar surface area (TPSA) is 60.7 Å². The number of aliphatic hydroxyl groups is 3. The number of rotatable bonds is 4. The van der Waals surface area contributed by atoms with E-state index in [-0.39, 0.29) is 5.05 Å². The minimum atomic E-state index is -1.10. The molecule has 0 fully saturated rings. The summed E-state index contributed by atoms with van der Waals surface area (Å²) in [6.45, 7) is 3.54. The van der Waals surface area contributed by atoms with Crippen molar-refractivity contribution in [3.8, 4) is 0 Å². The van der Waals surface area contributed by atoms with Crippen molar-refractivity contribution in [2.24, 2.45) is 0 Å². The predicted molar refractivity (Wildman–Crippen MR) is 53.3 cm³/mol. The molecule has 0 aliphatic heterocycles. The highest BCUT2D eigenvalue weighted by Crippen LogP contribution is 1.99. The quantitative estimate of drug-likeness (QED) is 0.362. The molecular formula is C8H18O3S. The van der Waals surface area contributed by atoms with E-state index in [1.807, 2.05) is 0 Å². The molecule has 4 heteroatoms. The van der Waals surface area contributed by atoms with Gasteiger partial charge in [-0.1, -0.05) is 19.8 Å². The highest BCUT2D eigenvalue weighted by Gasteiger charge is 1.93. The maximum Gasteiger partial charge on any atom is 0.153 e. The van der Waals surface area contributed by atoms with E-state index in [9.17, 15) is 0 Å². The zero-order valence-corrected chi connectivity index (χ0v) is 8.47. The monoisotopic (exact) mass is 194 g/mol. The van der Waals surface area contributed by atoms with Crippen LogP contribution in [-0.4, -0.2) is 26.7 Å². The molecule has 0 saturated carbocycles. The Morgan fingerprint density at radius 2 is 1.75 bits per heavy atom. The first-order chi connectivity index (χ1) is 5.50. The Kier molecular flexibility index (Phi) is 12.9. The normalized spacial score (nSPS) is 9.08. The molecule has 0 atom stereocenters. The standard InChI is InChI=1S/C6H14O2.C2H4OS/c1-2-3-4-5-6(7)8;1-2(3)4/h6-8H,2-5H2,1H3;1H3,(H,3,4). The first-order valence-corrected chi connectivity index (χ1v) is 4.47. The van der Waals surface area contributed by atoms with Crippen molar-refractivity contribution in [2.75, 3.05) is 0 Å². The van der Waals surface area contributed by atoms with Crippen molar-refractivity contribution in [3.63, 3.8) is 0 Å². The summed E-state index contributed by atoms with van der Waals surface area (Å²) in [5.41, 5.74) is 0. The SMILES string of the molecule is CC(O)=S.CCCCCC(O)O. The fraction of sp³-hybridized carbons (Fsp3) is 0.875. The molecule has 3 N–H and O–H groups in total. The fourth-order valence-electron chi connectivity index (χ4n) is 0.577. The second-order valence-corrected chi connectivity index (χ2v) is 3.09. The molecule has 0 amide bonds. The molecule has 0 saturated heterocycles. The first-order valence-electron chi connectivity index (χ1n) is 4.06. The van der Waals surface area contributed by atoms with Gasteiger partial charge in [-0.05, 0) is 25.1 Å². The van der Waals surface area contributed by atoms with Gasteiger partial charge in [-0.3, -0.25) is 0 Å². The Labute approximate surface area is 79.0 Å². The maximum atomic E-state index is 8.33. The van der Waals surface area contributed by atoms with Crippen LogP contribution in [-0.2, 0) is 0 Å². The van der Waals surface area contributed by atoms with Crippen LogP contribution < -0.4 is 0 Å². The van der Waals surface area contributed by atoms with Gasteiger partial charge in [0.25, 0.3) is 0 Å². The van der Waals surface area contributed by atoms with Gasteiger partial charge < -0.3 is 15.3 Å². The van der Waals surface area contributed by atoms with Crippen LogP contribution in [0.2, 0.25) is 0 Å². The van der Waals surface area contributed by atoms with E-state index < -0.39 is 6.29 Å². The minimum Gasteiger partial charge on any atom is -0.502 e. The largest absolute Gasteiger partial charge is 0.502 e. The van der Waals surface area contributed by atoms with E-state index in [0.29, 0.717) is 6.42 Å². The molecular weight excluding hydrogens is 176 g/mol. The summed E-state index contributed by atoms with van der Waals surface area (Å²) in [5.74, 6) is 0. The zero-order chi connectivity index (χ0) is 9.98. The molecule has 0 unspecified atom stereocenters. The van der Waals surface area contributed by atoms with Crippen molar-refractivity contribution < 1.29 is 15.3 Å². The molecule has 3 nitrogen and oxygen atoms in total. The van der Waals surface area contributed by atoms with E-state index in [4.69, 9.17) is 15.3 Å². The number of thiocarbonyl (C=S) groups is 1. The van der Waals surface area contributed by atoms with Crippen LogP contribution in [0.25, 0.3) is 0 Å². The summed E-state index contributed by atoms with van der Waals surface area (Å²) in [5, 5.41) is 24.5.